The number of hydrogen-bond acceptors (Lipinski definition) is 3. The Morgan fingerprint density at radius 2 is 1.64 bits per heavy atom. The number of carbonyl (C=O) groups excluding carboxylic acids is 3. The van der Waals surface area contributed by atoms with Gasteiger partial charge < -0.3 is 0 Å². The molecule has 2 aromatic carbocycles. The van der Waals surface area contributed by atoms with Crippen LogP contribution in [0.5, 0.6) is 0 Å². The predicted molar refractivity (Wildman–Crippen MR) is 91.2 cm³/mol. The maximum Gasteiger partial charge on any atom is 0.335 e. The highest BCUT2D eigenvalue weighted by Gasteiger charge is 2.36. The first kappa shape index (κ1) is 16.6. The van der Waals surface area contributed by atoms with Crippen LogP contribution < -0.4 is 10.2 Å². The number of rotatable bonds is 3. The molecule has 1 aliphatic rings. The Balaban J connectivity index is 1.97. The molecule has 0 saturated carbocycles. The summed E-state index contributed by atoms with van der Waals surface area (Å²) in [5.74, 6) is -2.00. The summed E-state index contributed by atoms with van der Waals surface area (Å²) >= 11 is 0. The minimum Gasteiger partial charge on any atom is -0.273 e. The lowest BCUT2D eigenvalue weighted by Crippen LogP contribution is -2.54. The van der Waals surface area contributed by atoms with Gasteiger partial charge in [0.05, 0.1) is 5.69 Å². The molecule has 126 valence electrons. The Morgan fingerprint density at radius 1 is 1.00 bits per heavy atom. The number of amides is 4. The molecule has 1 N–H and O–H groups in total. The van der Waals surface area contributed by atoms with Crippen molar-refractivity contribution in [2.24, 2.45) is 0 Å². The zero-order chi connectivity index (χ0) is 18.0. The standard InChI is InChI=1S/C19H15FN2O3/c1-2-12-3-5-13(6-4-12)11-16-17(23)21-19(25)22(18(16)24)15-9-7-14(20)8-10-15/h3-11H,2H2,1H3,(H,21,23,25). The molecule has 5 nitrogen and oxygen atoms in total. The van der Waals surface area contributed by atoms with E-state index >= 15 is 0 Å². The second kappa shape index (κ2) is 6.68. The fourth-order valence-electron chi connectivity index (χ4n) is 2.50. The highest BCUT2D eigenvalue weighted by molar-refractivity contribution is 6.39. The number of halogens is 1. The van der Waals surface area contributed by atoms with Crippen molar-refractivity contribution in [3.63, 3.8) is 0 Å². The van der Waals surface area contributed by atoms with Crippen molar-refractivity contribution in [1.82, 2.24) is 5.32 Å². The van der Waals surface area contributed by atoms with E-state index < -0.39 is 23.7 Å². The van der Waals surface area contributed by atoms with Crippen molar-refractivity contribution in [3.8, 4) is 0 Å². The first-order valence-electron chi connectivity index (χ1n) is 7.75. The molecule has 0 atom stereocenters. The van der Waals surface area contributed by atoms with Crippen LogP contribution in [-0.2, 0) is 16.0 Å². The molecule has 3 rings (SSSR count). The molecule has 1 aliphatic heterocycles. The van der Waals surface area contributed by atoms with Gasteiger partial charge in [-0.1, -0.05) is 31.2 Å². The van der Waals surface area contributed by atoms with Gasteiger partial charge in [-0.2, -0.15) is 0 Å². The van der Waals surface area contributed by atoms with Crippen LogP contribution in [0.3, 0.4) is 0 Å². The molecular weight excluding hydrogens is 323 g/mol. The van der Waals surface area contributed by atoms with E-state index in [0.29, 0.717) is 5.56 Å². The summed E-state index contributed by atoms with van der Waals surface area (Å²) in [4.78, 5) is 37.6. The number of carbonyl (C=O) groups is 3. The van der Waals surface area contributed by atoms with Crippen LogP contribution in [0, 0.1) is 5.82 Å². The van der Waals surface area contributed by atoms with Crippen molar-refractivity contribution in [2.75, 3.05) is 4.90 Å². The maximum absolute atomic E-state index is 13.1. The lowest BCUT2D eigenvalue weighted by atomic mass is 10.0. The van der Waals surface area contributed by atoms with Crippen LogP contribution in [0.4, 0.5) is 14.9 Å². The fraction of sp³-hybridized carbons (Fsp3) is 0.105. The molecule has 6 heteroatoms. The van der Waals surface area contributed by atoms with Gasteiger partial charge in [0.15, 0.2) is 0 Å². The molecule has 0 aromatic heterocycles. The number of nitrogens with one attached hydrogen (secondary N) is 1. The summed E-state index contributed by atoms with van der Waals surface area (Å²) in [6, 6.07) is 11.4. The SMILES string of the molecule is CCc1ccc(C=C2C(=O)NC(=O)N(c3ccc(F)cc3)C2=O)cc1. The van der Waals surface area contributed by atoms with E-state index in [1.807, 2.05) is 19.1 Å². The van der Waals surface area contributed by atoms with E-state index in [4.69, 9.17) is 0 Å². The van der Waals surface area contributed by atoms with Gasteiger partial charge in [-0.25, -0.2) is 14.1 Å². The molecule has 4 amide bonds. The summed E-state index contributed by atoms with van der Waals surface area (Å²) < 4.78 is 13.1. The van der Waals surface area contributed by atoms with E-state index in [0.717, 1.165) is 29.0 Å². The average molecular weight is 338 g/mol. The largest absolute Gasteiger partial charge is 0.335 e. The van der Waals surface area contributed by atoms with Gasteiger partial charge in [-0.15, -0.1) is 0 Å². The summed E-state index contributed by atoms with van der Waals surface area (Å²) in [5, 5.41) is 2.13. The van der Waals surface area contributed by atoms with Gasteiger partial charge >= 0.3 is 6.03 Å². The van der Waals surface area contributed by atoms with Crippen molar-refractivity contribution < 1.29 is 18.8 Å². The monoisotopic (exact) mass is 338 g/mol. The molecule has 1 heterocycles. The minimum atomic E-state index is -0.861. The Hall–Kier alpha value is -3.28. The lowest BCUT2D eigenvalue weighted by molar-refractivity contribution is -0.122. The highest BCUT2D eigenvalue weighted by Crippen LogP contribution is 2.22. The molecule has 0 bridgehead atoms. The van der Waals surface area contributed by atoms with Crippen LogP contribution in [-0.4, -0.2) is 17.8 Å². The average Bonchev–Trinajstić information content (AvgIpc) is 2.60. The Labute approximate surface area is 143 Å². The first-order valence-corrected chi connectivity index (χ1v) is 7.75. The number of barbiturate groups is 1. The highest BCUT2D eigenvalue weighted by atomic mass is 19.1. The predicted octanol–water partition coefficient (Wildman–Crippen LogP) is 3.05. The van der Waals surface area contributed by atoms with Gasteiger partial charge in [0.25, 0.3) is 11.8 Å². The molecule has 0 unspecified atom stereocenters. The third-order valence-electron chi connectivity index (χ3n) is 3.89. The summed E-state index contributed by atoms with van der Waals surface area (Å²) in [7, 11) is 0. The number of urea groups is 1. The van der Waals surface area contributed by atoms with Crippen LogP contribution in [0.2, 0.25) is 0 Å². The maximum atomic E-state index is 13.1. The molecule has 1 fully saturated rings. The normalized spacial score (nSPS) is 16.3. The number of nitrogens with zero attached hydrogens (tertiary/aromatic N) is 1. The Morgan fingerprint density at radius 3 is 2.24 bits per heavy atom. The molecule has 2 aromatic rings. The Bertz CT molecular complexity index is 871. The van der Waals surface area contributed by atoms with E-state index in [1.54, 1.807) is 12.1 Å². The summed E-state index contributed by atoms with van der Waals surface area (Å²) in [6.07, 6.45) is 2.31. The van der Waals surface area contributed by atoms with Gasteiger partial charge in [-0.05, 0) is 47.9 Å². The number of anilines is 1. The van der Waals surface area contributed by atoms with Gasteiger partial charge in [0.1, 0.15) is 11.4 Å². The van der Waals surface area contributed by atoms with E-state index in [-0.39, 0.29) is 11.3 Å². The lowest BCUT2D eigenvalue weighted by Gasteiger charge is -2.26. The molecule has 25 heavy (non-hydrogen) atoms. The van der Waals surface area contributed by atoms with Crippen LogP contribution >= 0.6 is 0 Å². The molecule has 0 radical (unpaired) electrons. The molecular formula is C19H15FN2O3. The number of imide groups is 2. The second-order valence-electron chi connectivity index (χ2n) is 5.53. The first-order chi connectivity index (χ1) is 12.0. The van der Waals surface area contributed by atoms with E-state index in [9.17, 15) is 18.8 Å². The molecule has 0 aliphatic carbocycles. The van der Waals surface area contributed by atoms with Crippen molar-refractivity contribution in [3.05, 3.63) is 71.0 Å². The number of hydrogen-bond donors (Lipinski definition) is 1. The molecule has 0 spiro atoms. The van der Waals surface area contributed by atoms with Gasteiger partial charge in [0, 0.05) is 0 Å². The Kier molecular flexibility index (Phi) is 4.43. The smallest absolute Gasteiger partial charge is 0.273 e. The fourth-order valence-corrected chi connectivity index (χ4v) is 2.50. The van der Waals surface area contributed by atoms with Crippen LogP contribution in [0.15, 0.2) is 54.1 Å². The third kappa shape index (κ3) is 3.33. The van der Waals surface area contributed by atoms with Crippen LogP contribution in [0.25, 0.3) is 6.08 Å². The van der Waals surface area contributed by atoms with Crippen molar-refractivity contribution >= 4 is 29.6 Å². The van der Waals surface area contributed by atoms with E-state index in [1.165, 1.54) is 18.2 Å². The van der Waals surface area contributed by atoms with Crippen LogP contribution in [0.1, 0.15) is 18.1 Å². The zero-order valence-corrected chi connectivity index (χ0v) is 13.5. The number of benzene rings is 2. The summed E-state index contributed by atoms with van der Waals surface area (Å²) in [6.45, 7) is 2.03. The molecule has 1 saturated heterocycles. The van der Waals surface area contributed by atoms with Gasteiger partial charge in [-0.3, -0.25) is 14.9 Å². The summed E-state index contributed by atoms with van der Waals surface area (Å²) in [5.41, 5.74) is 1.82. The topological polar surface area (TPSA) is 66.5 Å². The second-order valence-corrected chi connectivity index (χ2v) is 5.53. The quantitative estimate of drug-likeness (QED) is 0.691. The zero-order valence-electron chi connectivity index (χ0n) is 13.5. The third-order valence-corrected chi connectivity index (χ3v) is 3.89. The van der Waals surface area contributed by atoms with Crippen molar-refractivity contribution in [1.29, 1.82) is 0 Å². The number of aryl methyl sites for hydroxylation is 1. The van der Waals surface area contributed by atoms with Gasteiger partial charge in [0.2, 0.25) is 0 Å². The van der Waals surface area contributed by atoms with Crippen molar-refractivity contribution in [2.45, 2.75) is 13.3 Å². The minimum absolute atomic E-state index is 0.159. The van der Waals surface area contributed by atoms with E-state index in [2.05, 4.69) is 5.32 Å².